The average Bonchev–Trinajstić information content (AvgIpc) is 2.75. The molecule has 6 nitrogen and oxygen atoms in total. The maximum atomic E-state index is 11.9. The number of anilines is 2. The summed E-state index contributed by atoms with van der Waals surface area (Å²) in [7, 11) is 1.29. The lowest BCUT2D eigenvalue weighted by molar-refractivity contribution is 0.0603. The van der Waals surface area contributed by atoms with Gasteiger partial charge >= 0.3 is 5.97 Å². The second kappa shape index (κ2) is 7.14. The lowest BCUT2D eigenvalue weighted by Crippen LogP contribution is -2.22. The largest absolute Gasteiger partial charge is 0.465 e. The third kappa shape index (κ3) is 3.41. The Kier molecular flexibility index (Phi) is 5.82. The summed E-state index contributed by atoms with van der Waals surface area (Å²) in [5.74, 6) is -0.822. The molecule has 0 aliphatic heterocycles. The standard InChI is InChI=1S/C13H21N3O3S/c1-5-7(3)16-12-8(13(18)19-4)9(14)10(20-12)11(17)15-6-2/h7,16H,5-6,14H2,1-4H3,(H,15,17). The van der Waals surface area contributed by atoms with Crippen LogP contribution >= 0.6 is 11.3 Å². The molecule has 1 unspecified atom stereocenters. The zero-order valence-corrected chi connectivity index (χ0v) is 13.0. The smallest absolute Gasteiger partial charge is 0.343 e. The van der Waals surface area contributed by atoms with Crippen LogP contribution in [0.4, 0.5) is 10.7 Å². The van der Waals surface area contributed by atoms with E-state index in [9.17, 15) is 9.59 Å². The van der Waals surface area contributed by atoms with E-state index in [0.717, 1.165) is 6.42 Å². The molecule has 0 bridgehead atoms. The van der Waals surface area contributed by atoms with Gasteiger partial charge in [0.2, 0.25) is 0 Å². The van der Waals surface area contributed by atoms with Gasteiger partial charge in [0.1, 0.15) is 15.4 Å². The molecule has 1 rings (SSSR count). The van der Waals surface area contributed by atoms with Gasteiger partial charge in [-0.1, -0.05) is 6.92 Å². The van der Waals surface area contributed by atoms with Crippen LogP contribution in [0.3, 0.4) is 0 Å². The molecule has 4 N–H and O–H groups in total. The molecule has 7 heteroatoms. The van der Waals surface area contributed by atoms with Crippen LogP contribution in [-0.4, -0.2) is 31.6 Å². The van der Waals surface area contributed by atoms with E-state index in [1.807, 2.05) is 20.8 Å². The first-order valence-electron chi connectivity index (χ1n) is 6.51. The lowest BCUT2D eigenvalue weighted by atomic mass is 10.2. The van der Waals surface area contributed by atoms with Crippen LogP contribution in [-0.2, 0) is 4.74 Å². The van der Waals surface area contributed by atoms with Crippen molar-refractivity contribution in [3.63, 3.8) is 0 Å². The topological polar surface area (TPSA) is 93.5 Å². The zero-order chi connectivity index (χ0) is 15.3. The van der Waals surface area contributed by atoms with Gasteiger partial charge in [-0.05, 0) is 20.3 Å². The molecule has 1 amide bonds. The molecule has 0 aliphatic carbocycles. The summed E-state index contributed by atoms with van der Waals surface area (Å²) in [6.45, 7) is 6.33. The molecule has 1 atom stereocenters. The van der Waals surface area contributed by atoms with E-state index in [-0.39, 0.29) is 23.2 Å². The van der Waals surface area contributed by atoms with Crippen molar-refractivity contribution in [2.75, 3.05) is 24.7 Å². The lowest BCUT2D eigenvalue weighted by Gasteiger charge is -2.12. The number of ether oxygens (including phenoxy) is 1. The predicted octanol–water partition coefficient (Wildman–Crippen LogP) is 2.08. The van der Waals surface area contributed by atoms with E-state index in [4.69, 9.17) is 10.5 Å². The maximum absolute atomic E-state index is 11.9. The molecule has 0 saturated heterocycles. The number of nitrogens with one attached hydrogen (secondary N) is 2. The summed E-state index contributed by atoms with van der Waals surface area (Å²) in [5, 5.41) is 6.44. The first-order chi connectivity index (χ1) is 9.46. The Morgan fingerprint density at radius 1 is 1.40 bits per heavy atom. The van der Waals surface area contributed by atoms with Crippen molar-refractivity contribution < 1.29 is 14.3 Å². The summed E-state index contributed by atoms with van der Waals surface area (Å²) < 4.78 is 4.74. The molecule has 112 valence electrons. The SMILES string of the molecule is CCNC(=O)c1sc(NC(C)CC)c(C(=O)OC)c1N. The Labute approximate surface area is 122 Å². The number of carbonyl (C=O) groups is 2. The Morgan fingerprint density at radius 2 is 2.05 bits per heavy atom. The first kappa shape index (κ1) is 16.3. The summed E-state index contributed by atoms with van der Waals surface area (Å²) in [6.07, 6.45) is 0.884. The van der Waals surface area contributed by atoms with Crippen LogP contribution in [0.15, 0.2) is 0 Å². The highest BCUT2D eigenvalue weighted by molar-refractivity contribution is 7.19. The molecule has 1 heterocycles. The number of hydrogen-bond donors (Lipinski definition) is 3. The molecule has 1 aromatic heterocycles. The second-order valence-corrected chi connectivity index (χ2v) is 5.37. The summed E-state index contributed by atoms with van der Waals surface area (Å²) in [6, 6.07) is 0.165. The fourth-order valence-electron chi connectivity index (χ4n) is 1.59. The Morgan fingerprint density at radius 3 is 2.55 bits per heavy atom. The Balaban J connectivity index is 3.23. The van der Waals surface area contributed by atoms with Crippen LogP contribution < -0.4 is 16.4 Å². The van der Waals surface area contributed by atoms with Crippen molar-refractivity contribution >= 4 is 33.9 Å². The summed E-state index contributed by atoms with van der Waals surface area (Å²) in [4.78, 5) is 24.1. The first-order valence-corrected chi connectivity index (χ1v) is 7.33. The number of methoxy groups -OCH3 is 1. The molecule has 0 saturated carbocycles. The fraction of sp³-hybridized carbons (Fsp3) is 0.538. The number of amides is 1. The van der Waals surface area contributed by atoms with Gasteiger partial charge in [0.05, 0.1) is 12.8 Å². The van der Waals surface area contributed by atoms with Crippen LogP contribution in [0.2, 0.25) is 0 Å². The minimum atomic E-state index is -0.542. The number of thiophene rings is 1. The van der Waals surface area contributed by atoms with Gasteiger partial charge in [0.15, 0.2) is 0 Å². The normalized spacial score (nSPS) is 11.8. The molecular formula is C13H21N3O3S. The number of esters is 1. The molecule has 0 aliphatic rings. The van der Waals surface area contributed by atoms with Gasteiger partial charge in [-0.15, -0.1) is 11.3 Å². The van der Waals surface area contributed by atoms with Crippen molar-refractivity contribution in [2.24, 2.45) is 0 Å². The maximum Gasteiger partial charge on any atom is 0.343 e. The summed E-state index contributed by atoms with van der Waals surface area (Å²) >= 11 is 1.17. The number of nitrogen functional groups attached to an aromatic ring is 1. The fourth-order valence-corrected chi connectivity index (χ4v) is 2.72. The van der Waals surface area contributed by atoms with Crippen LogP contribution in [0.5, 0.6) is 0 Å². The van der Waals surface area contributed by atoms with E-state index < -0.39 is 5.97 Å². The number of hydrogen-bond acceptors (Lipinski definition) is 6. The van der Waals surface area contributed by atoms with E-state index in [1.165, 1.54) is 18.4 Å². The highest BCUT2D eigenvalue weighted by Gasteiger charge is 2.26. The van der Waals surface area contributed by atoms with E-state index >= 15 is 0 Å². The van der Waals surface area contributed by atoms with Gasteiger partial charge in [0, 0.05) is 12.6 Å². The number of carbonyl (C=O) groups excluding carboxylic acids is 2. The van der Waals surface area contributed by atoms with Crippen molar-refractivity contribution in [1.29, 1.82) is 0 Å². The molecule has 0 fully saturated rings. The molecule has 1 aromatic rings. The van der Waals surface area contributed by atoms with E-state index in [0.29, 0.717) is 16.4 Å². The Hall–Kier alpha value is -1.76. The zero-order valence-electron chi connectivity index (χ0n) is 12.2. The van der Waals surface area contributed by atoms with Crippen LogP contribution in [0, 0.1) is 0 Å². The summed E-state index contributed by atoms with van der Waals surface area (Å²) in [5.41, 5.74) is 6.34. The van der Waals surface area contributed by atoms with Gasteiger partial charge in [0.25, 0.3) is 5.91 Å². The molecule has 0 radical (unpaired) electrons. The highest BCUT2D eigenvalue weighted by Crippen LogP contribution is 2.36. The average molecular weight is 299 g/mol. The predicted molar refractivity (Wildman–Crippen MR) is 81.5 cm³/mol. The third-order valence-electron chi connectivity index (χ3n) is 2.87. The van der Waals surface area contributed by atoms with Crippen molar-refractivity contribution in [2.45, 2.75) is 33.2 Å². The minimum absolute atomic E-state index is 0.165. The van der Waals surface area contributed by atoms with Crippen LogP contribution in [0.1, 0.15) is 47.2 Å². The second-order valence-electron chi connectivity index (χ2n) is 4.35. The van der Waals surface area contributed by atoms with Gasteiger partial charge in [-0.3, -0.25) is 4.79 Å². The van der Waals surface area contributed by atoms with Crippen molar-refractivity contribution in [1.82, 2.24) is 5.32 Å². The van der Waals surface area contributed by atoms with Gasteiger partial charge < -0.3 is 21.1 Å². The van der Waals surface area contributed by atoms with E-state index in [1.54, 1.807) is 0 Å². The molecule has 20 heavy (non-hydrogen) atoms. The van der Waals surface area contributed by atoms with E-state index in [2.05, 4.69) is 10.6 Å². The number of nitrogens with two attached hydrogens (primary N) is 1. The number of rotatable bonds is 6. The molecule has 0 spiro atoms. The third-order valence-corrected chi connectivity index (χ3v) is 4.00. The molecule has 0 aromatic carbocycles. The van der Waals surface area contributed by atoms with Gasteiger partial charge in [-0.2, -0.15) is 0 Å². The molecular weight excluding hydrogens is 278 g/mol. The Bertz CT molecular complexity index is 499. The monoisotopic (exact) mass is 299 g/mol. The van der Waals surface area contributed by atoms with Gasteiger partial charge in [-0.25, -0.2) is 4.79 Å². The quantitative estimate of drug-likeness (QED) is 0.699. The van der Waals surface area contributed by atoms with Crippen molar-refractivity contribution in [3.8, 4) is 0 Å². The minimum Gasteiger partial charge on any atom is -0.465 e. The highest BCUT2D eigenvalue weighted by atomic mass is 32.1. The van der Waals surface area contributed by atoms with Crippen molar-refractivity contribution in [3.05, 3.63) is 10.4 Å². The van der Waals surface area contributed by atoms with Crippen LogP contribution in [0.25, 0.3) is 0 Å².